The lowest BCUT2D eigenvalue weighted by atomic mass is 10.1. The number of amides is 1. The molecule has 2 saturated heterocycles. The Hall–Kier alpha value is -3.76. The molecule has 0 radical (unpaired) electrons. The number of aromatic nitrogens is 2. The van der Waals surface area contributed by atoms with Crippen molar-refractivity contribution in [2.45, 2.75) is 11.8 Å². The van der Waals surface area contributed by atoms with Crippen molar-refractivity contribution in [2.24, 2.45) is 0 Å². The number of non-ortho nitro benzene ring substituents is 1. The molecule has 190 valence electrons. The number of carbonyl (C=O) groups excluding carboxylic acids is 1. The van der Waals surface area contributed by atoms with Crippen LogP contribution in [0, 0.1) is 10.1 Å². The third-order valence-corrected chi connectivity index (χ3v) is 7.83. The van der Waals surface area contributed by atoms with Gasteiger partial charge in [0.15, 0.2) is 0 Å². The van der Waals surface area contributed by atoms with Crippen LogP contribution in [0.15, 0.2) is 78.0 Å². The summed E-state index contributed by atoms with van der Waals surface area (Å²) in [6.45, 7) is 5.00. The molecule has 1 atom stereocenters. The van der Waals surface area contributed by atoms with Crippen LogP contribution in [0.5, 0.6) is 0 Å². The highest BCUT2D eigenvalue weighted by Gasteiger charge is 2.37. The van der Waals surface area contributed by atoms with Gasteiger partial charge in [-0.15, -0.1) is 0 Å². The third kappa shape index (κ3) is 5.98. The van der Waals surface area contributed by atoms with E-state index in [1.807, 2.05) is 53.4 Å². The van der Waals surface area contributed by atoms with Crippen molar-refractivity contribution in [2.75, 3.05) is 44.2 Å². The molecule has 0 saturated carbocycles. The summed E-state index contributed by atoms with van der Waals surface area (Å²) in [6, 6.07) is 18.2. The van der Waals surface area contributed by atoms with Crippen molar-refractivity contribution in [1.29, 1.82) is 0 Å². The smallest absolute Gasteiger partial charge is 0.269 e. The van der Waals surface area contributed by atoms with Crippen LogP contribution in [0.3, 0.4) is 0 Å². The highest BCUT2D eigenvalue weighted by molar-refractivity contribution is 8.04. The van der Waals surface area contributed by atoms with Crippen LogP contribution >= 0.6 is 11.8 Å². The molecule has 0 bridgehead atoms. The lowest BCUT2D eigenvalue weighted by Crippen LogP contribution is -2.47. The normalized spacial score (nSPS) is 19.5. The van der Waals surface area contributed by atoms with Crippen LogP contribution in [0.4, 0.5) is 11.6 Å². The Morgan fingerprint density at radius 3 is 2.46 bits per heavy atom. The minimum atomic E-state index is -0.393. The van der Waals surface area contributed by atoms with Gasteiger partial charge in [0.05, 0.1) is 9.83 Å². The standard InChI is InChI=1S/C27H28N6O3S/c34-25-24(19-21-7-2-1-3-8-21)37-26(22-9-4-10-23(20-22)33(35)36)32(25)14-6-13-30-15-17-31(18-16-30)27-28-11-5-12-29-27/h1-5,7-12,19-20,26H,6,13-18H2/b24-19+. The molecule has 10 heteroatoms. The van der Waals surface area contributed by atoms with E-state index in [9.17, 15) is 14.9 Å². The lowest BCUT2D eigenvalue weighted by molar-refractivity contribution is -0.384. The molecule has 2 aromatic carbocycles. The Morgan fingerprint density at radius 2 is 1.73 bits per heavy atom. The van der Waals surface area contributed by atoms with Crippen LogP contribution in [0.25, 0.3) is 6.08 Å². The minimum absolute atomic E-state index is 0.0311. The van der Waals surface area contributed by atoms with E-state index >= 15 is 0 Å². The van der Waals surface area contributed by atoms with Crippen LogP contribution < -0.4 is 4.90 Å². The van der Waals surface area contributed by atoms with Crippen LogP contribution in [0.1, 0.15) is 22.9 Å². The van der Waals surface area contributed by atoms with Crippen molar-refractivity contribution in [3.8, 4) is 0 Å². The molecular weight excluding hydrogens is 488 g/mol. The maximum absolute atomic E-state index is 13.5. The zero-order chi connectivity index (χ0) is 25.6. The average Bonchev–Trinajstić information content (AvgIpc) is 3.25. The molecule has 1 aromatic heterocycles. The van der Waals surface area contributed by atoms with Crippen molar-refractivity contribution >= 4 is 35.4 Å². The van der Waals surface area contributed by atoms with Crippen molar-refractivity contribution in [1.82, 2.24) is 19.8 Å². The highest BCUT2D eigenvalue weighted by atomic mass is 32.2. The SMILES string of the molecule is O=C1/C(=C\c2ccccc2)SC(c2cccc([N+](=O)[O-])c2)N1CCCN1CCN(c2ncccn2)CC1. The van der Waals surface area contributed by atoms with E-state index in [4.69, 9.17) is 0 Å². The number of nitro benzene ring substituents is 1. The van der Waals surface area contributed by atoms with Gasteiger partial charge in [-0.1, -0.05) is 54.2 Å². The first kappa shape index (κ1) is 24.9. The van der Waals surface area contributed by atoms with Gasteiger partial charge >= 0.3 is 0 Å². The van der Waals surface area contributed by atoms with Gasteiger partial charge in [0.1, 0.15) is 5.37 Å². The molecule has 0 N–H and O–H groups in total. The monoisotopic (exact) mass is 516 g/mol. The number of nitro groups is 1. The second-order valence-electron chi connectivity index (χ2n) is 8.97. The van der Waals surface area contributed by atoms with E-state index in [1.165, 1.54) is 17.8 Å². The molecule has 2 aliphatic heterocycles. The zero-order valence-corrected chi connectivity index (χ0v) is 21.2. The predicted octanol–water partition coefficient (Wildman–Crippen LogP) is 4.21. The summed E-state index contributed by atoms with van der Waals surface area (Å²) in [5.74, 6) is 0.732. The van der Waals surface area contributed by atoms with Crippen molar-refractivity contribution in [3.63, 3.8) is 0 Å². The molecule has 0 spiro atoms. The Bertz CT molecular complexity index is 1270. The molecule has 2 aliphatic rings. The fourth-order valence-electron chi connectivity index (χ4n) is 4.63. The maximum atomic E-state index is 13.5. The first-order chi connectivity index (χ1) is 18.1. The van der Waals surface area contributed by atoms with E-state index in [-0.39, 0.29) is 17.0 Å². The largest absolute Gasteiger partial charge is 0.338 e. The molecule has 1 unspecified atom stereocenters. The molecule has 1 amide bonds. The van der Waals surface area contributed by atoms with Crippen LogP contribution in [-0.2, 0) is 4.79 Å². The van der Waals surface area contributed by atoms with Crippen molar-refractivity contribution < 1.29 is 9.72 Å². The first-order valence-corrected chi connectivity index (χ1v) is 13.2. The number of hydrogen-bond acceptors (Lipinski definition) is 8. The van der Waals surface area contributed by atoms with E-state index in [0.717, 1.165) is 56.2 Å². The Balaban J connectivity index is 1.26. The molecule has 2 fully saturated rings. The van der Waals surface area contributed by atoms with Gasteiger partial charge in [-0.3, -0.25) is 19.8 Å². The number of nitrogens with zero attached hydrogens (tertiary/aromatic N) is 6. The summed E-state index contributed by atoms with van der Waals surface area (Å²) in [4.78, 5) is 40.2. The van der Waals surface area contributed by atoms with Gasteiger partial charge in [-0.25, -0.2) is 9.97 Å². The number of benzene rings is 2. The fraction of sp³-hybridized carbons (Fsp3) is 0.296. The molecule has 37 heavy (non-hydrogen) atoms. The number of piperazine rings is 1. The molecular formula is C27H28N6O3S. The zero-order valence-electron chi connectivity index (χ0n) is 20.3. The summed E-state index contributed by atoms with van der Waals surface area (Å²) in [7, 11) is 0. The summed E-state index contributed by atoms with van der Waals surface area (Å²) in [6.07, 6.45) is 6.25. The van der Waals surface area contributed by atoms with Crippen LogP contribution in [0.2, 0.25) is 0 Å². The summed E-state index contributed by atoms with van der Waals surface area (Å²) >= 11 is 1.46. The minimum Gasteiger partial charge on any atom is -0.338 e. The molecule has 0 aliphatic carbocycles. The Labute approximate surface area is 220 Å². The van der Waals surface area contributed by atoms with Gasteiger partial charge in [-0.05, 0) is 36.2 Å². The Kier molecular flexibility index (Phi) is 7.76. The van der Waals surface area contributed by atoms with Gasteiger partial charge in [0, 0.05) is 57.3 Å². The second-order valence-corrected chi connectivity index (χ2v) is 10.1. The number of rotatable bonds is 8. The number of hydrogen-bond donors (Lipinski definition) is 0. The topological polar surface area (TPSA) is 95.7 Å². The molecule has 9 nitrogen and oxygen atoms in total. The number of thioether (sulfide) groups is 1. The molecule has 3 heterocycles. The number of anilines is 1. The van der Waals surface area contributed by atoms with Crippen LogP contribution in [-0.4, -0.2) is 69.9 Å². The second kappa shape index (κ2) is 11.5. The van der Waals surface area contributed by atoms with E-state index < -0.39 is 4.92 Å². The van der Waals surface area contributed by atoms with Crippen molar-refractivity contribution in [3.05, 3.63) is 99.2 Å². The van der Waals surface area contributed by atoms with E-state index in [0.29, 0.717) is 11.4 Å². The first-order valence-electron chi connectivity index (χ1n) is 12.3. The molecule has 3 aromatic rings. The molecule has 5 rings (SSSR count). The lowest BCUT2D eigenvalue weighted by Gasteiger charge is -2.35. The van der Waals surface area contributed by atoms with Gasteiger partial charge in [0.2, 0.25) is 5.95 Å². The quantitative estimate of drug-likeness (QED) is 0.250. The fourth-order valence-corrected chi connectivity index (χ4v) is 5.90. The average molecular weight is 517 g/mol. The highest BCUT2D eigenvalue weighted by Crippen LogP contribution is 2.46. The van der Waals surface area contributed by atoms with Gasteiger partial charge in [-0.2, -0.15) is 0 Å². The van der Waals surface area contributed by atoms with Gasteiger partial charge in [0.25, 0.3) is 11.6 Å². The maximum Gasteiger partial charge on any atom is 0.269 e. The summed E-state index contributed by atoms with van der Waals surface area (Å²) < 4.78 is 0. The predicted molar refractivity (Wildman–Crippen MR) is 145 cm³/mol. The Morgan fingerprint density at radius 1 is 0.973 bits per heavy atom. The third-order valence-electron chi connectivity index (χ3n) is 6.54. The summed E-state index contributed by atoms with van der Waals surface area (Å²) in [5, 5.41) is 11.1. The van der Waals surface area contributed by atoms with E-state index in [2.05, 4.69) is 19.8 Å². The van der Waals surface area contributed by atoms with Gasteiger partial charge < -0.3 is 9.80 Å². The van der Waals surface area contributed by atoms with E-state index in [1.54, 1.807) is 24.5 Å². The number of carbonyl (C=O) groups is 1. The summed E-state index contributed by atoms with van der Waals surface area (Å²) in [5.41, 5.74) is 1.75.